The molecule has 0 radical (unpaired) electrons. The van der Waals surface area contributed by atoms with Gasteiger partial charge in [0.15, 0.2) is 11.9 Å². The number of nitrogens with one attached hydrogen (secondary N) is 1. The van der Waals surface area contributed by atoms with Crippen LogP contribution in [0.1, 0.15) is 43.4 Å². The van der Waals surface area contributed by atoms with Gasteiger partial charge in [0.25, 0.3) is 0 Å². The number of hydrogen-bond donors (Lipinski definition) is 2. The van der Waals surface area contributed by atoms with Crippen molar-refractivity contribution in [1.82, 2.24) is 0 Å². The van der Waals surface area contributed by atoms with Crippen LogP contribution >= 0.6 is 11.6 Å². The van der Waals surface area contributed by atoms with Crippen LogP contribution in [0.2, 0.25) is 5.02 Å². The van der Waals surface area contributed by atoms with Crippen LogP contribution in [0.4, 0.5) is 16.2 Å². The maximum atomic E-state index is 11.9. The van der Waals surface area contributed by atoms with E-state index in [0.29, 0.717) is 5.02 Å². The second-order valence-corrected chi connectivity index (χ2v) is 7.26. The van der Waals surface area contributed by atoms with E-state index in [1.165, 1.54) is 6.92 Å². The Balaban J connectivity index is 1.88. The lowest BCUT2D eigenvalue weighted by Crippen LogP contribution is -2.33. The lowest BCUT2D eigenvalue weighted by Gasteiger charge is -2.26. The van der Waals surface area contributed by atoms with Gasteiger partial charge in [0.05, 0.1) is 11.7 Å². The molecule has 2 aromatic rings. The van der Waals surface area contributed by atoms with Crippen molar-refractivity contribution in [1.29, 1.82) is 0 Å². The van der Waals surface area contributed by atoms with Gasteiger partial charge in [0.1, 0.15) is 0 Å². The van der Waals surface area contributed by atoms with Crippen molar-refractivity contribution in [3.8, 4) is 0 Å². The number of fused-ring (bicyclic) bond motifs is 1. The predicted molar refractivity (Wildman–Crippen MR) is 111 cm³/mol. The molecule has 1 amide bonds. The van der Waals surface area contributed by atoms with E-state index in [-0.39, 0.29) is 17.7 Å². The first-order valence-electron chi connectivity index (χ1n) is 9.00. The number of Topliss-reactive ketones (excluding diaryl/α,β-unsaturated/α-hetero) is 1. The van der Waals surface area contributed by atoms with Crippen molar-refractivity contribution in [2.75, 3.05) is 5.32 Å². The number of carbonyl (C=O) groups excluding carboxylic acids is 2. The van der Waals surface area contributed by atoms with E-state index in [1.807, 2.05) is 55.6 Å². The Kier molecular flexibility index (Phi) is 5.99. The number of hydrogen-bond acceptors (Lipinski definition) is 5. The molecule has 3 N–H and O–H groups in total. The van der Waals surface area contributed by atoms with Crippen molar-refractivity contribution in [3.05, 3.63) is 58.6 Å². The number of amides is 1. The van der Waals surface area contributed by atoms with Crippen molar-refractivity contribution in [3.63, 3.8) is 0 Å². The fourth-order valence-electron chi connectivity index (χ4n) is 3.36. The van der Waals surface area contributed by atoms with Crippen LogP contribution in [0.3, 0.4) is 0 Å². The second-order valence-electron chi connectivity index (χ2n) is 6.83. The summed E-state index contributed by atoms with van der Waals surface area (Å²) in [5, 5.41) is 4.17. The maximum absolute atomic E-state index is 11.9. The first kappa shape index (κ1) is 19.9. The molecule has 1 heterocycles. The maximum Gasteiger partial charge on any atom is 0.405 e. The zero-order valence-corrected chi connectivity index (χ0v) is 16.4. The molecule has 3 rings (SSSR count). The molecule has 0 spiro atoms. The molecule has 1 aliphatic rings. The molecule has 6 nitrogen and oxygen atoms in total. The minimum atomic E-state index is -0.961. The average Bonchev–Trinajstić information content (AvgIpc) is 2.67. The number of rotatable bonds is 6. The summed E-state index contributed by atoms with van der Waals surface area (Å²) in [6, 6.07) is 13.3. The van der Waals surface area contributed by atoms with Crippen LogP contribution in [0, 0.1) is 0 Å². The van der Waals surface area contributed by atoms with E-state index < -0.39 is 12.2 Å². The number of halogens is 1. The Morgan fingerprint density at radius 3 is 2.61 bits per heavy atom. The molecule has 3 atom stereocenters. The van der Waals surface area contributed by atoms with E-state index in [2.05, 4.69) is 10.3 Å². The molecule has 1 aliphatic heterocycles. The lowest BCUT2D eigenvalue weighted by molar-refractivity contribution is -0.125. The summed E-state index contributed by atoms with van der Waals surface area (Å²) in [5.74, 6) is -0.588. The first-order chi connectivity index (χ1) is 13.3. The minimum absolute atomic E-state index is 0.0219. The highest BCUT2D eigenvalue weighted by Gasteiger charge is 2.28. The van der Waals surface area contributed by atoms with Gasteiger partial charge in [0.2, 0.25) is 0 Å². The molecule has 3 unspecified atom stereocenters. The standard InChI is InChI=1S/C21H22ClN3O3/c1-12(20(13(2)26)28-21(23)27)14-3-8-18-17(11-14)19(9-10-24-18)25-16-6-4-15(22)5-7-16/h3-8,10-12,19-20,25H,9H2,1-2H3,(H2,23,27). The van der Waals surface area contributed by atoms with Crippen molar-refractivity contribution >= 4 is 41.1 Å². The smallest absolute Gasteiger partial charge is 0.405 e. The molecular weight excluding hydrogens is 378 g/mol. The Hall–Kier alpha value is -2.86. The van der Waals surface area contributed by atoms with Gasteiger partial charge >= 0.3 is 6.09 Å². The number of ether oxygens (including phenoxy) is 1. The lowest BCUT2D eigenvalue weighted by atomic mass is 9.89. The summed E-state index contributed by atoms with van der Waals surface area (Å²) < 4.78 is 5.04. The van der Waals surface area contributed by atoms with Crippen LogP contribution in [0.25, 0.3) is 0 Å². The second kappa shape index (κ2) is 8.44. The summed E-state index contributed by atoms with van der Waals surface area (Å²) in [7, 11) is 0. The largest absolute Gasteiger partial charge is 0.438 e. The molecule has 7 heteroatoms. The molecule has 0 fully saturated rings. The van der Waals surface area contributed by atoms with Gasteiger partial charge in [-0.2, -0.15) is 0 Å². The van der Waals surface area contributed by atoms with Gasteiger partial charge < -0.3 is 15.8 Å². The van der Waals surface area contributed by atoms with Crippen LogP contribution in [-0.4, -0.2) is 24.2 Å². The first-order valence-corrected chi connectivity index (χ1v) is 9.38. The zero-order chi connectivity index (χ0) is 20.3. The number of ketones is 1. The zero-order valence-electron chi connectivity index (χ0n) is 15.7. The third-order valence-electron chi connectivity index (χ3n) is 4.81. The summed E-state index contributed by atoms with van der Waals surface area (Å²) in [6.45, 7) is 3.22. The number of primary amides is 1. The molecule has 28 heavy (non-hydrogen) atoms. The Labute approximate surface area is 168 Å². The molecule has 0 saturated heterocycles. The fraction of sp³-hybridized carbons (Fsp3) is 0.286. The van der Waals surface area contributed by atoms with Crippen LogP contribution in [0.5, 0.6) is 0 Å². The number of benzene rings is 2. The van der Waals surface area contributed by atoms with E-state index in [1.54, 1.807) is 0 Å². The van der Waals surface area contributed by atoms with E-state index in [0.717, 1.165) is 28.9 Å². The molecule has 146 valence electrons. The number of nitrogens with zero attached hydrogens (tertiary/aromatic N) is 1. The fourth-order valence-corrected chi connectivity index (χ4v) is 3.48. The number of carbonyl (C=O) groups is 2. The predicted octanol–water partition coefficient (Wildman–Crippen LogP) is 4.76. The van der Waals surface area contributed by atoms with E-state index >= 15 is 0 Å². The highest BCUT2D eigenvalue weighted by atomic mass is 35.5. The molecule has 2 aromatic carbocycles. The van der Waals surface area contributed by atoms with Crippen molar-refractivity contribution in [2.45, 2.75) is 38.3 Å². The molecular formula is C21H22ClN3O3. The molecule has 0 bridgehead atoms. The Bertz CT molecular complexity index is 912. The van der Waals surface area contributed by atoms with Gasteiger partial charge in [-0.15, -0.1) is 0 Å². The van der Waals surface area contributed by atoms with Crippen molar-refractivity contribution < 1.29 is 14.3 Å². The topological polar surface area (TPSA) is 93.8 Å². The molecule has 0 aliphatic carbocycles. The van der Waals surface area contributed by atoms with Gasteiger partial charge in [-0.25, -0.2) is 4.79 Å². The quantitative estimate of drug-likeness (QED) is 0.732. The van der Waals surface area contributed by atoms with Crippen LogP contribution in [0.15, 0.2) is 47.5 Å². The number of anilines is 1. The van der Waals surface area contributed by atoms with Gasteiger partial charge in [0, 0.05) is 34.8 Å². The minimum Gasteiger partial charge on any atom is -0.438 e. The van der Waals surface area contributed by atoms with Gasteiger partial charge in [-0.1, -0.05) is 30.7 Å². The van der Waals surface area contributed by atoms with Crippen LogP contribution in [-0.2, 0) is 9.53 Å². The third kappa shape index (κ3) is 4.51. The highest BCUT2D eigenvalue weighted by molar-refractivity contribution is 6.30. The SMILES string of the molecule is CC(=O)C(OC(N)=O)C(C)c1ccc2c(c1)C(Nc1ccc(Cl)cc1)CC=N2. The molecule has 0 aromatic heterocycles. The molecule has 0 saturated carbocycles. The van der Waals surface area contributed by atoms with Crippen LogP contribution < -0.4 is 11.1 Å². The summed E-state index contributed by atoms with van der Waals surface area (Å²) >= 11 is 5.96. The Morgan fingerprint density at radius 1 is 1.25 bits per heavy atom. The normalized spacial score (nSPS) is 17.3. The Morgan fingerprint density at radius 2 is 1.96 bits per heavy atom. The summed E-state index contributed by atoms with van der Waals surface area (Å²) in [6.07, 6.45) is 0.719. The van der Waals surface area contributed by atoms with E-state index in [9.17, 15) is 9.59 Å². The average molecular weight is 400 g/mol. The monoisotopic (exact) mass is 399 g/mol. The summed E-state index contributed by atoms with van der Waals surface area (Å²) in [5.41, 5.74) is 8.83. The third-order valence-corrected chi connectivity index (χ3v) is 5.06. The number of aliphatic imine (C=N–C) groups is 1. The van der Waals surface area contributed by atoms with Gasteiger partial charge in [-0.05, 0) is 42.8 Å². The highest BCUT2D eigenvalue weighted by Crippen LogP contribution is 2.36. The van der Waals surface area contributed by atoms with Gasteiger partial charge in [-0.3, -0.25) is 9.79 Å². The van der Waals surface area contributed by atoms with E-state index in [4.69, 9.17) is 22.1 Å². The van der Waals surface area contributed by atoms with Crippen molar-refractivity contribution in [2.24, 2.45) is 10.7 Å². The number of nitrogens with two attached hydrogens (primary N) is 1. The summed E-state index contributed by atoms with van der Waals surface area (Å²) in [4.78, 5) is 27.6.